The van der Waals surface area contributed by atoms with E-state index in [4.69, 9.17) is 13.9 Å². The summed E-state index contributed by atoms with van der Waals surface area (Å²) in [6.07, 6.45) is 4.37. The van der Waals surface area contributed by atoms with Gasteiger partial charge < -0.3 is 13.9 Å². The Labute approximate surface area is 92.0 Å². The maximum atomic E-state index is 5.33. The van der Waals surface area contributed by atoms with Gasteiger partial charge in [-0.15, -0.1) is 0 Å². The number of rotatable bonds is 2. The van der Waals surface area contributed by atoms with Crippen LogP contribution in [-0.4, -0.2) is 16.3 Å². The molecule has 2 aromatic rings. The molecule has 3 rings (SSSR count). The van der Waals surface area contributed by atoms with E-state index in [0.717, 1.165) is 5.56 Å². The Morgan fingerprint density at radius 3 is 2.88 bits per heavy atom. The molecule has 0 radical (unpaired) electrons. The van der Waals surface area contributed by atoms with E-state index in [1.807, 2.05) is 19.1 Å². The van der Waals surface area contributed by atoms with Crippen LogP contribution in [0.5, 0.6) is 0 Å². The fourth-order valence-electron chi connectivity index (χ4n) is 1.51. The first-order valence-corrected chi connectivity index (χ1v) is 4.99. The van der Waals surface area contributed by atoms with Crippen molar-refractivity contribution in [2.75, 3.05) is 0 Å². The summed E-state index contributed by atoms with van der Waals surface area (Å²) in [6, 6.07) is 3.71. The third-order valence-electron chi connectivity index (χ3n) is 2.30. The zero-order chi connectivity index (χ0) is 11.0. The Morgan fingerprint density at radius 1 is 1.31 bits per heavy atom. The number of ether oxygens (including phenoxy) is 2. The second-order valence-corrected chi connectivity index (χ2v) is 3.49. The minimum Gasteiger partial charge on any atom is -0.444 e. The number of oxazole rings is 1. The molecule has 1 fully saturated rings. The summed E-state index contributed by atoms with van der Waals surface area (Å²) in [4.78, 5) is 8.28. The van der Waals surface area contributed by atoms with E-state index in [1.54, 1.807) is 18.7 Å². The molecule has 16 heavy (non-hydrogen) atoms. The summed E-state index contributed by atoms with van der Waals surface area (Å²) in [6.45, 7) is 1.83. The molecule has 1 saturated heterocycles. The zero-order valence-corrected chi connectivity index (χ0v) is 8.66. The number of hydrogen-bond donors (Lipinski definition) is 0. The SMILES string of the molecule is CC1OC(c2coc(-c3cccnc3)n2)O1. The Bertz CT molecular complexity index is 477. The number of hydrogen-bond acceptors (Lipinski definition) is 5. The van der Waals surface area contributed by atoms with Crippen molar-refractivity contribution < 1.29 is 13.9 Å². The summed E-state index contributed by atoms with van der Waals surface area (Å²) < 4.78 is 16.0. The van der Waals surface area contributed by atoms with Crippen molar-refractivity contribution >= 4 is 0 Å². The highest BCUT2D eigenvalue weighted by molar-refractivity contribution is 5.50. The standard InChI is InChI=1S/C11H10N2O3/c1-7-15-11(16-7)9-6-14-10(13-9)8-3-2-4-12-5-8/h2-7,11H,1H3. The van der Waals surface area contributed by atoms with Crippen molar-refractivity contribution in [3.63, 3.8) is 0 Å². The quantitative estimate of drug-likeness (QED) is 0.772. The lowest BCUT2D eigenvalue weighted by Crippen LogP contribution is -2.31. The first-order valence-electron chi connectivity index (χ1n) is 4.99. The van der Waals surface area contributed by atoms with Crippen LogP contribution >= 0.6 is 0 Å². The van der Waals surface area contributed by atoms with Crippen LogP contribution in [-0.2, 0) is 9.47 Å². The maximum Gasteiger partial charge on any atom is 0.227 e. The first-order chi connectivity index (χ1) is 7.83. The van der Waals surface area contributed by atoms with E-state index in [1.165, 1.54) is 0 Å². The summed E-state index contributed by atoms with van der Waals surface area (Å²) in [5.41, 5.74) is 1.48. The van der Waals surface area contributed by atoms with Gasteiger partial charge in [-0.3, -0.25) is 4.98 Å². The smallest absolute Gasteiger partial charge is 0.227 e. The van der Waals surface area contributed by atoms with E-state index in [9.17, 15) is 0 Å². The predicted octanol–water partition coefficient (Wildman–Crippen LogP) is 2.13. The number of pyridine rings is 1. The lowest BCUT2D eigenvalue weighted by atomic mass is 10.3. The normalized spacial score (nSPS) is 24.1. The molecule has 0 aliphatic carbocycles. The highest BCUT2D eigenvalue weighted by atomic mass is 16.9. The van der Waals surface area contributed by atoms with Crippen molar-refractivity contribution in [2.45, 2.75) is 19.5 Å². The Morgan fingerprint density at radius 2 is 2.19 bits per heavy atom. The van der Waals surface area contributed by atoms with Gasteiger partial charge >= 0.3 is 0 Å². The molecule has 0 aromatic carbocycles. The van der Waals surface area contributed by atoms with Crippen molar-refractivity contribution in [1.82, 2.24) is 9.97 Å². The van der Waals surface area contributed by atoms with Crippen LogP contribution in [0.4, 0.5) is 0 Å². The van der Waals surface area contributed by atoms with Crippen molar-refractivity contribution in [3.05, 3.63) is 36.5 Å². The molecular weight excluding hydrogens is 208 g/mol. The molecule has 0 amide bonds. The molecule has 0 unspecified atom stereocenters. The fourth-order valence-corrected chi connectivity index (χ4v) is 1.51. The average Bonchev–Trinajstić information content (AvgIpc) is 2.75. The van der Waals surface area contributed by atoms with Gasteiger partial charge in [-0.05, 0) is 19.1 Å². The highest BCUT2D eigenvalue weighted by Crippen LogP contribution is 2.32. The molecule has 0 atom stereocenters. The molecule has 0 saturated carbocycles. The number of nitrogens with zero attached hydrogens (tertiary/aromatic N) is 2. The lowest BCUT2D eigenvalue weighted by molar-refractivity contribution is -0.383. The van der Waals surface area contributed by atoms with Crippen LogP contribution < -0.4 is 0 Å². The van der Waals surface area contributed by atoms with E-state index < -0.39 is 6.29 Å². The topological polar surface area (TPSA) is 57.4 Å². The van der Waals surface area contributed by atoms with Gasteiger partial charge in [-0.2, -0.15) is 0 Å². The largest absolute Gasteiger partial charge is 0.444 e. The summed E-state index contributed by atoms with van der Waals surface area (Å²) in [5.74, 6) is 0.523. The molecule has 1 aliphatic rings. The number of aromatic nitrogens is 2. The van der Waals surface area contributed by atoms with Gasteiger partial charge in [0.25, 0.3) is 0 Å². The third-order valence-corrected chi connectivity index (χ3v) is 2.30. The van der Waals surface area contributed by atoms with Crippen LogP contribution in [0.1, 0.15) is 18.9 Å². The molecule has 2 aromatic heterocycles. The van der Waals surface area contributed by atoms with Gasteiger partial charge in [0, 0.05) is 12.4 Å². The molecule has 5 heteroatoms. The van der Waals surface area contributed by atoms with Gasteiger partial charge in [-0.1, -0.05) is 0 Å². The van der Waals surface area contributed by atoms with Crippen LogP contribution in [0.25, 0.3) is 11.5 Å². The molecule has 3 heterocycles. The average molecular weight is 218 g/mol. The Balaban J connectivity index is 1.83. The van der Waals surface area contributed by atoms with Crippen molar-refractivity contribution in [2.24, 2.45) is 0 Å². The molecule has 82 valence electrons. The molecule has 5 nitrogen and oxygen atoms in total. The van der Waals surface area contributed by atoms with Crippen LogP contribution in [0.3, 0.4) is 0 Å². The zero-order valence-electron chi connectivity index (χ0n) is 8.66. The van der Waals surface area contributed by atoms with E-state index in [0.29, 0.717) is 11.6 Å². The van der Waals surface area contributed by atoms with Gasteiger partial charge in [0.2, 0.25) is 12.2 Å². The Kier molecular flexibility index (Phi) is 2.19. The third kappa shape index (κ3) is 1.60. The fraction of sp³-hybridized carbons (Fsp3) is 0.273. The first kappa shape index (κ1) is 9.50. The van der Waals surface area contributed by atoms with E-state index in [2.05, 4.69) is 9.97 Å². The predicted molar refractivity (Wildman–Crippen MR) is 54.1 cm³/mol. The van der Waals surface area contributed by atoms with Crippen LogP contribution in [0, 0.1) is 0 Å². The molecule has 0 spiro atoms. The van der Waals surface area contributed by atoms with Crippen molar-refractivity contribution in [3.8, 4) is 11.5 Å². The molecule has 0 bridgehead atoms. The van der Waals surface area contributed by atoms with Gasteiger partial charge in [0.05, 0.1) is 5.56 Å². The van der Waals surface area contributed by atoms with E-state index >= 15 is 0 Å². The second kappa shape index (κ2) is 3.70. The molecule has 0 N–H and O–H groups in total. The van der Waals surface area contributed by atoms with Crippen LogP contribution in [0.15, 0.2) is 35.2 Å². The molecular formula is C11H10N2O3. The second-order valence-electron chi connectivity index (χ2n) is 3.49. The summed E-state index contributed by atoms with van der Waals surface area (Å²) in [7, 11) is 0. The van der Waals surface area contributed by atoms with Gasteiger partial charge in [0.1, 0.15) is 12.0 Å². The van der Waals surface area contributed by atoms with Crippen molar-refractivity contribution in [1.29, 1.82) is 0 Å². The van der Waals surface area contributed by atoms with Gasteiger partial charge in [0.15, 0.2) is 6.29 Å². The minimum atomic E-state index is -0.399. The molecule has 1 aliphatic heterocycles. The lowest BCUT2D eigenvalue weighted by Gasteiger charge is -2.31. The summed E-state index contributed by atoms with van der Waals surface area (Å²) in [5, 5.41) is 0. The maximum absolute atomic E-state index is 5.33. The summed E-state index contributed by atoms with van der Waals surface area (Å²) >= 11 is 0. The van der Waals surface area contributed by atoms with Gasteiger partial charge in [-0.25, -0.2) is 4.98 Å². The van der Waals surface area contributed by atoms with Crippen LogP contribution in [0.2, 0.25) is 0 Å². The minimum absolute atomic E-state index is 0.163. The van der Waals surface area contributed by atoms with E-state index in [-0.39, 0.29) is 6.29 Å². The highest BCUT2D eigenvalue weighted by Gasteiger charge is 2.31. The monoisotopic (exact) mass is 218 g/mol. The Hall–Kier alpha value is -1.72.